The first-order valence-corrected chi connectivity index (χ1v) is 7.08. The number of hydrogen-bond acceptors (Lipinski definition) is 12. The maximum atomic E-state index is 9.25. The van der Waals surface area contributed by atoms with Crippen LogP contribution in [0.25, 0.3) is 0 Å². The topological polar surface area (TPSA) is 232 Å². The lowest BCUT2D eigenvalue weighted by molar-refractivity contribution is -0.248. The average molecular weight is 360 g/mol. The monoisotopic (exact) mass is 360 g/mol. The number of aliphatic hydroxyl groups is 11. The molecule has 0 bridgehead atoms. The molecule has 1 saturated carbocycles. The molecule has 2 fully saturated rings. The van der Waals surface area contributed by atoms with Crippen LogP contribution >= 0.6 is 0 Å². The molecule has 0 aromatic heterocycles. The molecule has 1 heterocycles. The van der Waals surface area contributed by atoms with E-state index in [4.69, 9.17) is 51.1 Å². The highest BCUT2D eigenvalue weighted by atomic mass is 16.7. The maximum Gasteiger partial charge on any atom is 0.219 e. The Labute approximate surface area is 136 Å². The first kappa shape index (κ1) is 21.6. The lowest BCUT2D eigenvalue weighted by Gasteiger charge is -2.39. The lowest BCUT2D eigenvalue weighted by Crippen LogP contribution is -2.63. The van der Waals surface area contributed by atoms with Gasteiger partial charge < -0.3 is 60.9 Å². The van der Waals surface area contributed by atoms with Gasteiger partial charge in [0.15, 0.2) is 0 Å². The van der Waals surface area contributed by atoms with Crippen molar-refractivity contribution < 1.29 is 60.9 Å². The molecule has 2 rings (SSSR count). The minimum atomic E-state index is -2.16. The normalized spacial score (nSPS) is 51.9. The Balaban J connectivity index is 0.000000240. The summed E-state index contributed by atoms with van der Waals surface area (Å²) >= 11 is 0. The number of hydrogen-bond donors (Lipinski definition) is 11. The Kier molecular flexibility index (Phi) is 7.43. The fourth-order valence-corrected chi connectivity index (χ4v) is 2.36. The van der Waals surface area contributed by atoms with Crippen LogP contribution in [0.5, 0.6) is 0 Å². The molecule has 1 saturated heterocycles. The van der Waals surface area contributed by atoms with Crippen LogP contribution in [-0.4, -0.2) is 130 Å². The second-order valence-corrected chi connectivity index (χ2v) is 5.72. The van der Waals surface area contributed by atoms with Gasteiger partial charge in [-0.15, -0.1) is 0 Å². The smallest absolute Gasteiger partial charge is 0.219 e. The third-order valence-corrected chi connectivity index (χ3v) is 4.03. The molecule has 12 heteroatoms. The van der Waals surface area contributed by atoms with E-state index < -0.39 is 73.9 Å². The summed E-state index contributed by atoms with van der Waals surface area (Å²) in [5.41, 5.74) is 0. The first-order valence-electron chi connectivity index (χ1n) is 7.08. The molecule has 1 aliphatic heterocycles. The van der Waals surface area contributed by atoms with Crippen LogP contribution in [0.2, 0.25) is 0 Å². The predicted molar refractivity (Wildman–Crippen MR) is 72.0 cm³/mol. The van der Waals surface area contributed by atoms with Crippen molar-refractivity contribution in [2.75, 3.05) is 13.2 Å². The third-order valence-electron chi connectivity index (χ3n) is 4.03. The zero-order valence-corrected chi connectivity index (χ0v) is 12.4. The van der Waals surface area contributed by atoms with Gasteiger partial charge in [0.05, 0.1) is 13.2 Å². The summed E-state index contributed by atoms with van der Waals surface area (Å²) in [6, 6.07) is 0. The molecule has 0 aromatic rings. The van der Waals surface area contributed by atoms with Crippen LogP contribution in [0.15, 0.2) is 0 Å². The minimum absolute atomic E-state index is 0.527. The van der Waals surface area contributed by atoms with Gasteiger partial charge in [0.2, 0.25) is 5.79 Å². The molecule has 0 unspecified atom stereocenters. The molecule has 1 aliphatic carbocycles. The van der Waals surface area contributed by atoms with E-state index in [1.54, 1.807) is 0 Å². The van der Waals surface area contributed by atoms with Crippen molar-refractivity contribution in [3.8, 4) is 0 Å². The van der Waals surface area contributed by atoms with Gasteiger partial charge in [-0.3, -0.25) is 0 Å². The first-order chi connectivity index (χ1) is 11.0. The molecule has 11 N–H and O–H groups in total. The van der Waals surface area contributed by atoms with E-state index in [1.165, 1.54) is 0 Å². The molecule has 24 heavy (non-hydrogen) atoms. The van der Waals surface area contributed by atoms with E-state index >= 15 is 0 Å². The Morgan fingerprint density at radius 1 is 0.625 bits per heavy atom. The van der Waals surface area contributed by atoms with Crippen molar-refractivity contribution >= 4 is 0 Å². The molecule has 0 amide bonds. The highest BCUT2D eigenvalue weighted by Gasteiger charge is 2.52. The summed E-state index contributed by atoms with van der Waals surface area (Å²) in [7, 11) is 0. The average Bonchev–Trinajstić information content (AvgIpc) is 2.81. The molecule has 144 valence electrons. The van der Waals surface area contributed by atoms with Gasteiger partial charge in [0.25, 0.3) is 0 Å². The van der Waals surface area contributed by atoms with E-state index in [-0.39, 0.29) is 0 Å². The number of rotatable bonds is 2. The number of aliphatic hydroxyl groups excluding tert-OH is 10. The Morgan fingerprint density at radius 3 is 1.12 bits per heavy atom. The molecular weight excluding hydrogens is 336 g/mol. The van der Waals surface area contributed by atoms with Gasteiger partial charge >= 0.3 is 0 Å². The minimum Gasteiger partial charge on any atom is -0.394 e. The van der Waals surface area contributed by atoms with Crippen LogP contribution in [0.1, 0.15) is 0 Å². The summed E-state index contributed by atoms with van der Waals surface area (Å²) in [6.45, 7) is -1.36. The van der Waals surface area contributed by atoms with Crippen molar-refractivity contribution in [3.63, 3.8) is 0 Å². The van der Waals surface area contributed by atoms with E-state index in [1.807, 2.05) is 0 Å². The summed E-state index contributed by atoms with van der Waals surface area (Å²) < 4.78 is 4.63. The van der Waals surface area contributed by atoms with Crippen molar-refractivity contribution in [1.82, 2.24) is 0 Å². The largest absolute Gasteiger partial charge is 0.394 e. The third kappa shape index (κ3) is 4.01. The Bertz CT molecular complexity index is 333. The predicted octanol–water partition coefficient (Wildman–Crippen LogP) is -7.05. The standard InChI is InChI=1S/2C6H12O6/c7-1-3-4(9)5(10)6(11,2-8)12-3;7-1-2(8)4(10)6(12)5(11)3(1)9/h3-5,7-11H,1-2H2;1-12H/t3-,4-,5+,6-;1-,2-,3-,4+,5-,6-/m1./s1. The van der Waals surface area contributed by atoms with Crippen LogP contribution in [0.4, 0.5) is 0 Å². The van der Waals surface area contributed by atoms with Crippen LogP contribution in [0, 0.1) is 0 Å². The summed E-state index contributed by atoms with van der Waals surface area (Å²) in [5, 5.41) is 98.5. The molecule has 12 nitrogen and oxygen atoms in total. The molecule has 4 atom stereocenters. The summed E-state index contributed by atoms with van der Waals surface area (Å²) in [5.74, 6) is -2.16. The second kappa shape index (κ2) is 8.27. The lowest BCUT2D eigenvalue weighted by atomic mass is 9.85. The van der Waals surface area contributed by atoms with Crippen molar-refractivity contribution in [2.24, 2.45) is 0 Å². The molecule has 0 radical (unpaired) electrons. The second-order valence-electron chi connectivity index (χ2n) is 5.72. The van der Waals surface area contributed by atoms with Gasteiger partial charge in [-0.2, -0.15) is 0 Å². The van der Waals surface area contributed by atoms with Crippen molar-refractivity contribution in [3.05, 3.63) is 0 Å². The molecule has 2 aliphatic rings. The highest BCUT2D eigenvalue weighted by Crippen LogP contribution is 2.28. The zero-order valence-electron chi connectivity index (χ0n) is 12.4. The zero-order chi connectivity index (χ0) is 18.8. The van der Waals surface area contributed by atoms with E-state index in [9.17, 15) is 5.11 Å². The molecular formula is C12H24O12. The van der Waals surface area contributed by atoms with E-state index in [2.05, 4.69) is 4.74 Å². The van der Waals surface area contributed by atoms with Gasteiger partial charge in [0.1, 0.15) is 54.9 Å². The summed E-state index contributed by atoms with van der Waals surface area (Å²) in [4.78, 5) is 0. The maximum absolute atomic E-state index is 9.25. The van der Waals surface area contributed by atoms with Gasteiger partial charge in [-0.25, -0.2) is 0 Å². The van der Waals surface area contributed by atoms with Gasteiger partial charge in [0, 0.05) is 0 Å². The van der Waals surface area contributed by atoms with Crippen molar-refractivity contribution in [1.29, 1.82) is 0 Å². The van der Waals surface area contributed by atoms with Crippen LogP contribution < -0.4 is 0 Å². The number of ether oxygens (including phenoxy) is 1. The molecule has 0 spiro atoms. The van der Waals surface area contributed by atoms with E-state index in [0.29, 0.717) is 0 Å². The van der Waals surface area contributed by atoms with E-state index in [0.717, 1.165) is 0 Å². The van der Waals surface area contributed by atoms with Gasteiger partial charge in [-0.1, -0.05) is 0 Å². The fraction of sp³-hybridized carbons (Fsp3) is 1.00. The SMILES string of the molecule is OC[C@H]1O[C@](O)(CO)[C@@H](O)[C@@H]1O.O[C@H]1[C@H](O)[C@@H](O)[C@H](O)[C@@H](O)[C@H]1O. The Hall–Kier alpha value is -0.480. The Morgan fingerprint density at radius 2 is 0.958 bits per heavy atom. The molecule has 0 aromatic carbocycles. The quantitative estimate of drug-likeness (QED) is 0.220. The highest BCUT2D eigenvalue weighted by molar-refractivity contribution is 4.98. The fourth-order valence-electron chi connectivity index (χ4n) is 2.36. The van der Waals surface area contributed by atoms with Crippen LogP contribution in [0.3, 0.4) is 0 Å². The van der Waals surface area contributed by atoms with Gasteiger partial charge in [-0.05, 0) is 0 Å². The van der Waals surface area contributed by atoms with Crippen LogP contribution in [-0.2, 0) is 4.74 Å². The van der Waals surface area contributed by atoms with Crippen molar-refractivity contribution in [2.45, 2.75) is 60.7 Å². The summed E-state index contributed by atoms with van der Waals surface area (Å²) in [6.07, 6.45) is -13.9.